The molecule has 172 valence electrons. The minimum atomic E-state index is -0.691. The predicted octanol–water partition coefficient (Wildman–Crippen LogP) is 3.28. The van der Waals surface area contributed by atoms with Crippen molar-refractivity contribution in [3.8, 4) is 5.88 Å². The van der Waals surface area contributed by atoms with Gasteiger partial charge in [0, 0.05) is 23.9 Å². The Morgan fingerprint density at radius 2 is 2.12 bits per heavy atom. The third-order valence-electron chi connectivity index (χ3n) is 5.53. The number of halogens is 1. The second-order valence-electron chi connectivity index (χ2n) is 8.51. The van der Waals surface area contributed by atoms with E-state index in [1.54, 1.807) is 13.0 Å². The van der Waals surface area contributed by atoms with E-state index in [1.807, 2.05) is 20.8 Å². The molecule has 0 spiro atoms. The van der Waals surface area contributed by atoms with Gasteiger partial charge in [0.2, 0.25) is 5.88 Å². The Hall–Kier alpha value is -3.07. The fraction of sp³-hybridized carbons (Fsp3) is 0.478. The molecule has 2 heterocycles. The summed E-state index contributed by atoms with van der Waals surface area (Å²) in [5.74, 6) is -0.813. The molecule has 0 radical (unpaired) electrons. The van der Waals surface area contributed by atoms with Crippen molar-refractivity contribution >= 4 is 17.3 Å². The van der Waals surface area contributed by atoms with Gasteiger partial charge in [0.05, 0.1) is 41.4 Å². The van der Waals surface area contributed by atoms with Crippen LogP contribution in [0.4, 0.5) is 10.1 Å². The molecule has 2 aromatic rings. The number of carbonyl (C=O) groups is 1. The van der Waals surface area contributed by atoms with Crippen LogP contribution in [-0.2, 0) is 0 Å². The van der Waals surface area contributed by atoms with Crippen LogP contribution < -0.4 is 15.4 Å². The van der Waals surface area contributed by atoms with E-state index < -0.39 is 17.5 Å². The summed E-state index contributed by atoms with van der Waals surface area (Å²) in [6, 6.07) is 2.95. The molecule has 2 atom stereocenters. The van der Waals surface area contributed by atoms with Gasteiger partial charge < -0.3 is 20.5 Å². The van der Waals surface area contributed by atoms with Crippen molar-refractivity contribution in [2.45, 2.75) is 64.6 Å². The molecule has 9 heteroatoms. The molecule has 32 heavy (non-hydrogen) atoms. The largest absolute Gasteiger partial charge is 0.478 e. The number of nitrogens with zero attached hydrogens (tertiary/aromatic N) is 2. The fourth-order valence-electron chi connectivity index (χ4n) is 3.80. The lowest BCUT2D eigenvalue weighted by Crippen LogP contribution is -2.51. The highest BCUT2D eigenvalue weighted by Gasteiger charge is 2.39. The lowest BCUT2D eigenvalue weighted by molar-refractivity contribution is 0.0708. The summed E-state index contributed by atoms with van der Waals surface area (Å²) in [7, 11) is 0. The second kappa shape index (κ2) is 9.60. The average molecular weight is 444 g/mol. The number of hydrogen-bond donors (Lipinski definition) is 4. The highest BCUT2D eigenvalue weighted by molar-refractivity contribution is 6.13. The molecule has 0 saturated heterocycles. The number of carbonyl (C=O) groups excluding carboxylic acids is 1. The Morgan fingerprint density at radius 1 is 1.38 bits per heavy atom. The van der Waals surface area contributed by atoms with Crippen LogP contribution in [-0.4, -0.2) is 51.0 Å². The molecule has 1 saturated carbocycles. The van der Waals surface area contributed by atoms with Crippen LogP contribution in [0, 0.1) is 11.2 Å². The van der Waals surface area contributed by atoms with Gasteiger partial charge in [0.15, 0.2) is 5.82 Å². The number of nitrogens with one attached hydrogen (secondary N) is 3. The second-order valence-corrected chi connectivity index (χ2v) is 8.51. The Morgan fingerprint density at radius 3 is 2.75 bits per heavy atom. The summed E-state index contributed by atoms with van der Waals surface area (Å²) in [6.07, 6.45) is 3.95. The summed E-state index contributed by atoms with van der Waals surface area (Å²) in [4.78, 5) is 21.1. The van der Waals surface area contributed by atoms with E-state index in [-0.39, 0.29) is 40.4 Å². The van der Waals surface area contributed by atoms with Gasteiger partial charge in [-0.2, -0.15) is 0 Å². The van der Waals surface area contributed by atoms with Gasteiger partial charge in [0.1, 0.15) is 5.69 Å². The van der Waals surface area contributed by atoms with E-state index >= 15 is 0 Å². The number of aliphatic hydroxyl groups is 1. The Labute approximate surface area is 187 Å². The zero-order chi connectivity index (χ0) is 23.5. The maximum atomic E-state index is 14.5. The van der Waals surface area contributed by atoms with Crippen molar-refractivity contribution in [2.75, 3.05) is 11.9 Å². The number of hydrogen-bond acceptors (Lipinski definition) is 7. The van der Waals surface area contributed by atoms with Crippen LogP contribution in [0.15, 0.2) is 24.5 Å². The standard InChI is InChI=1S/C23H30FN5O3/c1-5-32-19-10-15(16(24)12-26-19)20(25)21-17(28-13(2)3)9-14(11-27-21)22(31)29-23(4)8-6-7-18(23)30/h9-13,18,25,28,30H,5-8H2,1-4H3,(H,29,31)/t18-,23+/m1/s1. The third kappa shape index (κ3) is 5.04. The zero-order valence-corrected chi connectivity index (χ0v) is 18.8. The molecule has 4 N–H and O–H groups in total. The smallest absolute Gasteiger partial charge is 0.253 e. The predicted molar refractivity (Wildman–Crippen MR) is 120 cm³/mol. The number of rotatable bonds is 8. The fourth-order valence-corrected chi connectivity index (χ4v) is 3.80. The van der Waals surface area contributed by atoms with Gasteiger partial charge >= 0.3 is 0 Å². The minimum Gasteiger partial charge on any atom is -0.478 e. The summed E-state index contributed by atoms with van der Waals surface area (Å²) in [6.45, 7) is 7.81. The third-order valence-corrected chi connectivity index (χ3v) is 5.53. The van der Waals surface area contributed by atoms with Crippen LogP contribution in [0.1, 0.15) is 68.6 Å². The first kappa shape index (κ1) is 23.6. The zero-order valence-electron chi connectivity index (χ0n) is 18.8. The topological polar surface area (TPSA) is 120 Å². The van der Waals surface area contributed by atoms with Crippen LogP contribution >= 0.6 is 0 Å². The van der Waals surface area contributed by atoms with Gasteiger partial charge in [-0.05, 0) is 53.0 Å². The highest BCUT2D eigenvalue weighted by Crippen LogP contribution is 2.30. The SMILES string of the molecule is CCOc1cc(C(=N)c2ncc(C(=O)N[C@@]3(C)CCC[C@H]3O)cc2NC(C)C)c(F)cn1. The van der Waals surface area contributed by atoms with Crippen molar-refractivity contribution in [1.82, 2.24) is 15.3 Å². The summed E-state index contributed by atoms with van der Waals surface area (Å²) < 4.78 is 19.8. The Kier molecular flexibility index (Phi) is 7.08. The summed E-state index contributed by atoms with van der Waals surface area (Å²) in [5.41, 5.74) is 0.0824. The summed E-state index contributed by atoms with van der Waals surface area (Å²) in [5, 5.41) is 24.9. The van der Waals surface area contributed by atoms with Crippen LogP contribution in [0.2, 0.25) is 0 Å². The number of amides is 1. The lowest BCUT2D eigenvalue weighted by atomic mass is 9.97. The molecule has 0 aromatic carbocycles. The molecular weight excluding hydrogens is 413 g/mol. The highest BCUT2D eigenvalue weighted by atomic mass is 19.1. The Balaban J connectivity index is 1.94. The number of pyridine rings is 2. The quantitative estimate of drug-likeness (QED) is 0.465. The molecule has 1 aliphatic carbocycles. The normalized spacial score (nSPS) is 20.3. The van der Waals surface area contributed by atoms with Crippen molar-refractivity contribution in [1.29, 1.82) is 5.41 Å². The first-order valence-corrected chi connectivity index (χ1v) is 10.8. The average Bonchev–Trinajstić information content (AvgIpc) is 3.06. The van der Waals surface area contributed by atoms with Crippen LogP contribution in [0.5, 0.6) is 5.88 Å². The maximum absolute atomic E-state index is 14.5. The van der Waals surface area contributed by atoms with E-state index in [0.29, 0.717) is 25.1 Å². The molecule has 3 rings (SSSR count). The number of aromatic nitrogens is 2. The maximum Gasteiger partial charge on any atom is 0.253 e. The number of ether oxygens (including phenoxy) is 1. The molecule has 0 aliphatic heterocycles. The lowest BCUT2D eigenvalue weighted by Gasteiger charge is -2.29. The van der Waals surface area contributed by atoms with Crippen LogP contribution in [0.3, 0.4) is 0 Å². The number of aliphatic hydroxyl groups excluding tert-OH is 1. The van der Waals surface area contributed by atoms with Crippen LogP contribution in [0.25, 0.3) is 0 Å². The molecule has 0 bridgehead atoms. The van der Waals surface area contributed by atoms with Crippen molar-refractivity contribution in [3.63, 3.8) is 0 Å². The Bertz CT molecular complexity index is 1010. The van der Waals surface area contributed by atoms with E-state index in [1.165, 1.54) is 12.3 Å². The first-order chi connectivity index (χ1) is 15.1. The molecular formula is C23H30FN5O3. The van der Waals surface area contributed by atoms with Crippen molar-refractivity contribution in [2.24, 2.45) is 0 Å². The van der Waals surface area contributed by atoms with Crippen molar-refractivity contribution in [3.05, 3.63) is 47.2 Å². The molecule has 0 unspecified atom stereocenters. The molecule has 1 amide bonds. The molecule has 1 fully saturated rings. The van der Waals surface area contributed by atoms with E-state index in [9.17, 15) is 14.3 Å². The minimum absolute atomic E-state index is 0.00143. The molecule has 2 aromatic heterocycles. The summed E-state index contributed by atoms with van der Waals surface area (Å²) >= 11 is 0. The van der Waals surface area contributed by atoms with Gasteiger partial charge in [-0.15, -0.1) is 0 Å². The van der Waals surface area contributed by atoms with Gasteiger partial charge in [0.25, 0.3) is 5.91 Å². The number of anilines is 1. The van der Waals surface area contributed by atoms with Gasteiger partial charge in [-0.3, -0.25) is 15.2 Å². The van der Waals surface area contributed by atoms with E-state index in [2.05, 4.69) is 20.6 Å². The van der Waals surface area contributed by atoms with Crippen molar-refractivity contribution < 1.29 is 19.0 Å². The van der Waals surface area contributed by atoms with Gasteiger partial charge in [-0.25, -0.2) is 9.37 Å². The monoisotopic (exact) mass is 443 g/mol. The van der Waals surface area contributed by atoms with Gasteiger partial charge in [-0.1, -0.05) is 0 Å². The van der Waals surface area contributed by atoms with E-state index in [0.717, 1.165) is 12.6 Å². The first-order valence-electron chi connectivity index (χ1n) is 10.8. The van der Waals surface area contributed by atoms with E-state index in [4.69, 9.17) is 10.1 Å². The molecule has 1 aliphatic rings. The molecule has 8 nitrogen and oxygen atoms in total.